The number of furan rings is 1. The second-order valence-corrected chi connectivity index (χ2v) is 3.98. The van der Waals surface area contributed by atoms with Gasteiger partial charge in [0.25, 0.3) is 5.69 Å². The van der Waals surface area contributed by atoms with E-state index in [2.05, 4.69) is 10.3 Å². The van der Waals surface area contributed by atoms with Crippen LogP contribution in [0.25, 0.3) is 0 Å². The fourth-order valence-electron chi connectivity index (χ4n) is 1.60. The lowest BCUT2D eigenvalue weighted by Gasteiger charge is -2.06. The number of hydrogen-bond donors (Lipinski definition) is 1. The smallest absolute Gasteiger partial charge is 0.287 e. The van der Waals surface area contributed by atoms with Crippen LogP contribution in [0, 0.1) is 24.0 Å². The Kier molecular flexibility index (Phi) is 3.27. The summed E-state index contributed by atoms with van der Waals surface area (Å²) in [6, 6.07) is 5.25. The summed E-state index contributed by atoms with van der Waals surface area (Å²) in [4.78, 5) is 14.1. The summed E-state index contributed by atoms with van der Waals surface area (Å²) in [7, 11) is 0. The molecule has 2 aromatic heterocycles. The highest BCUT2D eigenvalue weighted by Gasteiger charge is 2.09. The van der Waals surface area contributed by atoms with Crippen molar-refractivity contribution in [3.8, 4) is 0 Å². The molecule has 0 saturated carbocycles. The molecule has 0 bridgehead atoms. The van der Waals surface area contributed by atoms with Crippen LogP contribution in [0.2, 0.25) is 0 Å². The molecule has 0 aromatic carbocycles. The number of nitro groups is 1. The van der Waals surface area contributed by atoms with Crippen LogP contribution >= 0.6 is 0 Å². The number of nitrogens with one attached hydrogen (secondary N) is 1. The standard InChI is InChI=1S/C12H13N3O3/c1-8-5-10(15(16)17)6-13-12(8)14-7-11-4-3-9(2)18-11/h3-6H,7H2,1-2H3,(H,13,14). The Labute approximate surface area is 104 Å². The van der Waals surface area contributed by atoms with Gasteiger partial charge in [0.15, 0.2) is 0 Å². The molecule has 1 N–H and O–H groups in total. The van der Waals surface area contributed by atoms with Gasteiger partial charge < -0.3 is 9.73 Å². The average molecular weight is 247 g/mol. The first kappa shape index (κ1) is 12.1. The Morgan fingerprint density at radius 3 is 2.78 bits per heavy atom. The van der Waals surface area contributed by atoms with E-state index in [9.17, 15) is 10.1 Å². The molecule has 0 unspecified atom stereocenters. The molecule has 0 spiro atoms. The first-order valence-corrected chi connectivity index (χ1v) is 5.46. The van der Waals surface area contributed by atoms with Gasteiger partial charge in [-0.2, -0.15) is 0 Å². The number of aryl methyl sites for hydroxylation is 2. The first-order chi connectivity index (χ1) is 8.56. The molecule has 0 atom stereocenters. The van der Waals surface area contributed by atoms with E-state index in [1.165, 1.54) is 12.3 Å². The molecule has 0 amide bonds. The Balaban J connectivity index is 2.08. The maximum atomic E-state index is 10.6. The molecule has 6 heteroatoms. The number of anilines is 1. The van der Waals surface area contributed by atoms with E-state index < -0.39 is 4.92 Å². The van der Waals surface area contributed by atoms with E-state index in [1.807, 2.05) is 19.1 Å². The highest BCUT2D eigenvalue weighted by Crippen LogP contribution is 2.18. The van der Waals surface area contributed by atoms with Crippen molar-refractivity contribution in [1.29, 1.82) is 0 Å². The maximum Gasteiger partial charge on any atom is 0.287 e. The van der Waals surface area contributed by atoms with Crippen molar-refractivity contribution >= 4 is 11.5 Å². The van der Waals surface area contributed by atoms with Gasteiger partial charge in [-0.3, -0.25) is 10.1 Å². The second-order valence-electron chi connectivity index (χ2n) is 3.98. The van der Waals surface area contributed by atoms with Gasteiger partial charge in [-0.1, -0.05) is 0 Å². The molecule has 18 heavy (non-hydrogen) atoms. The summed E-state index contributed by atoms with van der Waals surface area (Å²) < 4.78 is 5.41. The van der Waals surface area contributed by atoms with Crippen LogP contribution in [0.4, 0.5) is 11.5 Å². The third-order valence-electron chi connectivity index (χ3n) is 2.50. The SMILES string of the molecule is Cc1ccc(CNc2ncc([N+](=O)[O-])cc2C)o1. The lowest BCUT2D eigenvalue weighted by atomic mass is 10.2. The van der Waals surface area contributed by atoms with Crippen LogP contribution in [0.15, 0.2) is 28.8 Å². The van der Waals surface area contributed by atoms with E-state index in [1.54, 1.807) is 6.92 Å². The molecule has 0 fully saturated rings. The molecule has 2 rings (SSSR count). The predicted molar refractivity (Wildman–Crippen MR) is 66.4 cm³/mol. The zero-order valence-electron chi connectivity index (χ0n) is 10.1. The third kappa shape index (κ3) is 2.65. The number of rotatable bonds is 4. The van der Waals surface area contributed by atoms with Gasteiger partial charge in [0.05, 0.1) is 11.5 Å². The van der Waals surface area contributed by atoms with E-state index in [-0.39, 0.29) is 5.69 Å². The summed E-state index contributed by atoms with van der Waals surface area (Å²) in [6.45, 7) is 4.15. The van der Waals surface area contributed by atoms with Crippen molar-refractivity contribution in [2.75, 3.05) is 5.32 Å². The number of aromatic nitrogens is 1. The lowest BCUT2D eigenvalue weighted by Crippen LogP contribution is -2.03. The molecule has 2 aromatic rings. The summed E-state index contributed by atoms with van der Waals surface area (Å²) in [5, 5.41) is 13.7. The van der Waals surface area contributed by atoms with Crippen molar-refractivity contribution < 1.29 is 9.34 Å². The van der Waals surface area contributed by atoms with Crippen LogP contribution in [0.3, 0.4) is 0 Å². The monoisotopic (exact) mass is 247 g/mol. The predicted octanol–water partition coefficient (Wildman–Crippen LogP) is 2.81. The average Bonchev–Trinajstić information content (AvgIpc) is 2.73. The minimum atomic E-state index is -0.459. The van der Waals surface area contributed by atoms with Crippen LogP contribution in [0.1, 0.15) is 17.1 Å². The minimum Gasteiger partial charge on any atom is -0.465 e. The number of nitrogens with zero attached hydrogens (tertiary/aromatic N) is 2. The molecular formula is C12H13N3O3. The van der Waals surface area contributed by atoms with Gasteiger partial charge in [0.1, 0.15) is 23.5 Å². The number of pyridine rings is 1. The van der Waals surface area contributed by atoms with Crippen LogP contribution in [0.5, 0.6) is 0 Å². The molecular weight excluding hydrogens is 234 g/mol. The van der Waals surface area contributed by atoms with Crippen molar-refractivity contribution in [2.24, 2.45) is 0 Å². The summed E-state index contributed by atoms with van der Waals surface area (Å²) >= 11 is 0. The van der Waals surface area contributed by atoms with Crippen LogP contribution in [-0.2, 0) is 6.54 Å². The lowest BCUT2D eigenvalue weighted by molar-refractivity contribution is -0.385. The van der Waals surface area contributed by atoms with Crippen LogP contribution in [-0.4, -0.2) is 9.91 Å². The number of hydrogen-bond acceptors (Lipinski definition) is 5. The van der Waals surface area contributed by atoms with Crippen molar-refractivity contribution in [1.82, 2.24) is 4.98 Å². The maximum absolute atomic E-state index is 10.6. The van der Waals surface area contributed by atoms with Crippen LogP contribution < -0.4 is 5.32 Å². The van der Waals surface area contributed by atoms with E-state index in [0.717, 1.165) is 17.1 Å². The van der Waals surface area contributed by atoms with Gasteiger partial charge in [0, 0.05) is 6.07 Å². The molecule has 6 nitrogen and oxygen atoms in total. The minimum absolute atomic E-state index is 0.00751. The second kappa shape index (κ2) is 4.87. The fraction of sp³-hybridized carbons (Fsp3) is 0.250. The third-order valence-corrected chi connectivity index (χ3v) is 2.50. The van der Waals surface area contributed by atoms with Gasteiger partial charge >= 0.3 is 0 Å². The quantitative estimate of drug-likeness (QED) is 0.663. The van der Waals surface area contributed by atoms with E-state index in [4.69, 9.17) is 4.42 Å². The molecule has 0 aliphatic rings. The highest BCUT2D eigenvalue weighted by molar-refractivity contribution is 5.48. The largest absolute Gasteiger partial charge is 0.465 e. The fourth-order valence-corrected chi connectivity index (χ4v) is 1.60. The van der Waals surface area contributed by atoms with E-state index >= 15 is 0 Å². The molecule has 0 aliphatic carbocycles. The Bertz CT molecular complexity index is 578. The van der Waals surface area contributed by atoms with Gasteiger partial charge in [-0.25, -0.2) is 4.98 Å². The van der Waals surface area contributed by atoms with Crippen molar-refractivity contribution in [3.05, 3.63) is 51.6 Å². The zero-order chi connectivity index (χ0) is 13.1. The Hall–Kier alpha value is -2.37. The molecule has 0 aliphatic heterocycles. The molecule has 0 saturated heterocycles. The molecule has 94 valence electrons. The Morgan fingerprint density at radius 1 is 1.44 bits per heavy atom. The topological polar surface area (TPSA) is 81.2 Å². The normalized spacial score (nSPS) is 10.3. The van der Waals surface area contributed by atoms with Gasteiger partial charge in [0.2, 0.25) is 0 Å². The highest BCUT2D eigenvalue weighted by atomic mass is 16.6. The van der Waals surface area contributed by atoms with Crippen molar-refractivity contribution in [3.63, 3.8) is 0 Å². The van der Waals surface area contributed by atoms with Gasteiger partial charge in [-0.15, -0.1) is 0 Å². The summed E-state index contributed by atoms with van der Waals surface area (Å²) in [5.41, 5.74) is 0.722. The summed E-state index contributed by atoms with van der Waals surface area (Å²) in [5.74, 6) is 2.27. The van der Waals surface area contributed by atoms with E-state index in [0.29, 0.717) is 12.4 Å². The molecule has 0 radical (unpaired) electrons. The first-order valence-electron chi connectivity index (χ1n) is 5.46. The van der Waals surface area contributed by atoms with Crippen molar-refractivity contribution in [2.45, 2.75) is 20.4 Å². The summed E-state index contributed by atoms with van der Waals surface area (Å²) in [6.07, 6.45) is 1.24. The zero-order valence-corrected chi connectivity index (χ0v) is 10.1. The molecule has 2 heterocycles. The van der Waals surface area contributed by atoms with Gasteiger partial charge in [-0.05, 0) is 31.5 Å². The Morgan fingerprint density at radius 2 is 2.22 bits per heavy atom.